The summed E-state index contributed by atoms with van der Waals surface area (Å²) in [6.07, 6.45) is 0. The minimum Gasteiger partial charge on any atom is -0.326 e. The molecule has 0 atom stereocenters. The summed E-state index contributed by atoms with van der Waals surface area (Å²) in [5, 5.41) is 0.128. The molecule has 0 aliphatic heterocycles. The van der Waals surface area contributed by atoms with Crippen molar-refractivity contribution < 1.29 is 12.8 Å². The zero-order valence-electron chi connectivity index (χ0n) is 10.5. The lowest BCUT2D eigenvalue weighted by atomic mass is 10.1. The Hall–Kier alpha value is -1.43. The van der Waals surface area contributed by atoms with E-state index >= 15 is 0 Å². The molecule has 2 N–H and O–H groups in total. The number of halogens is 2. The largest absolute Gasteiger partial charge is 0.326 e. The molecule has 0 amide bonds. The van der Waals surface area contributed by atoms with Gasteiger partial charge < -0.3 is 5.73 Å². The predicted molar refractivity (Wildman–Crippen MR) is 76.6 cm³/mol. The van der Waals surface area contributed by atoms with E-state index in [0.29, 0.717) is 0 Å². The number of rotatable bonds is 4. The topological polar surface area (TPSA) is 60.2 Å². The number of sulfone groups is 1. The van der Waals surface area contributed by atoms with Crippen LogP contribution < -0.4 is 5.73 Å². The zero-order chi connectivity index (χ0) is 14.8. The molecule has 2 aromatic rings. The summed E-state index contributed by atoms with van der Waals surface area (Å²) in [4.78, 5) is -0.000724. The molecule has 6 heteroatoms. The molecule has 0 aromatic heterocycles. The second kappa shape index (κ2) is 5.91. The van der Waals surface area contributed by atoms with Crippen LogP contribution in [0.15, 0.2) is 47.4 Å². The minimum absolute atomic E-state index is 0.000724. The van der Waals surface area contributed by atoms with Gasteiger partial charge >= 0.3 is 0 Å². The summed E-state index contributed by atoms with van der Waals surface area (Å²) in [5.41, 5.74) is 5.79. The average molecular weight is 314 g/mol. The van der Waals surface area contributed by atoms with Gasteiger partial charge in [-0.15, -0.1) is 0 Å². The fourth-order valence-corrected chi connectivity index (χ4v) is 3.81. The van der Waals surface area contributed by atoms with Gasteiger partial charge in [0.15, 0.2) is 9.84 Å². The second-order valence-electron chi connectivity index (χ2n) is 4.28. The highest BCUT2D eigenvalue weighted by Gasteiger charge is 2.20. The number of benzene rings is 2. The number of nitrogens with two attached hydrogens (primary N) is 1. The molecule has 0 aliphatic carbocycles. The summed E-state index contributed by atoms with van der Waals surface area (Å²) in [6, 6.07) is 10.7. The van der Waals surface area contributed by atoms with Gasteiger partial charge in [0.1, 0.15) is 5.82 Å². The summed E-state index contributed by atoms with van der Waals surface area (Å²) in [6.45, 7) is 0.0197. The summed E-state index contributed by atoms with van der Waals surface area (Å²) < 4.78 is 38.6. The van der Waals surface area contributed by atoms with Gasteiger partial charge in [0.05, 0.1) is 15.7 Å². The van der Waals surface area contributed by atoms with E-state index in [-0.39, 0.29) is 27.6 Å². The van der Waals surface area contributed by atoms with Gasteiger partial charge in [-0.05, 0) is 12.1 Å². The Morgan fingerprint density at radius 3 is 2.35 bits per heavy atom. The normalized spacial score (nSPS) is 11.6. The van der Waals surface area contributed by atoms with Crippen molar-refractivity contribution in [2.24, 2.45) is 5.73 Å². The Labute approximate surface area is 122 Å². The third kappa shape index (κ3) is 3.00. The standard InChI is InChI=1S/C14H13ClFNO2S/c15-12-6-1-2-7-13(12)20(18,19)9-11-5-3-4-10(8-17)14(11)16/h1-7H,8-9,17H2. The molecule has 0 saturated heterocycles. The van der Waals surface area contributed by atoms with E-state index in [1.54, 1.807) is 18.2 Å². The lowest BCUT2D eigenvalue weighted by Gasteiger charge is -2.09. The van der Waals surface area contributed by atoms with Gasteiger partial charge in [-0.1, -0.05) is 41.9 Å². The van der Waals surface area contributed by atoms with Crippen LogP contribution in [0.2, 0.25) is 5.02 Å². The van der Waals surface area contributed by atoms with Crippen LogP contribution in [0.1, 0.15) is 11.1 Å². The number of hydrogen-bond donors (Lipinski definition) is 1. The lowest BCUT2D eigenvalue weighted by Crippen LogP contribution is -2.09. The minimum atomic E-state index is -3.70. The predicted octanol–water partition coefficient (Wildman–Crippen LogP) is 2.91. The van der Waals surface area contributed by atoms with Crippen molar-refractivity contribution in [1.29, 1.82) is 0 Å². The van der Waals surface area contributed by atoms with Crippen LogP contribution in [-0.4, -0.2) is 8.42 Å². The zero-order valence-corrected chi connectivity index (χ0v) is 12.1. The van der Waals surface area contributed by atoms with E-state index in [0.717, 1.165) is 0 Å². The van der Waals surface area contributed by atoms with Gasteiger partial charge in [-0.3, -0.25) is 0 Å². The highest BCUT2D eigenvalue weighted by Crippen LogP contribution is 2.25. The first-order chi connectivity index (χ1) is 9.45. The van der Waals surface area contributed by atoms with Crippen molar-refractivity contribution >= 4 is 21.4 Å². The molecule has 0 aliphatic rings. The monoisotopic (exact) mass is 313 g/mol. The van der Waals surface area contributed by atoms with E-state index in [1.165, 1.54) is 24.3 Å². The first-order valence-corrected chi connectivity index (χ1v) is 7.92. The van der Waals surface area contributed by atoms with Crippen LogP contribution in [0.3, 0.4) is 0 Å². The smallest absolute Gasteiger partial charge is 0.184 e. The van der Waals surface area contributed by atoms with Crippen molar-refractivity contribution in [3.63, 3.8) is 0 Å². The molecular formula is C14H13ClFNO2S. The molecule has 0 saturated carbocycles. The van der Waals surface area contributed by atoms with Gasteiger partial charge in [0, 0.05) is 17.7 Å². The summed E-state index contributed by atoms with van der Waals surface area (Å²) >= 11 is 5.88. The Bertz CT molecular complexity index is 732. The maximum Gasteiger partial charge on any atom is 0.184 e. The first kappa shape index (κ1) is 15.0. The highest BCUT2D eigenvalue weighted by molar-refractivity contribution is 7.90. The molecule has 0 radical (unpaired) electrons. The maximum absolute atomic E-state index is 14.0. The Morgan fingerprint density at radius 2 is 1.70 bits per heavy atom. The average Bonchev–Trinajstić information content (AvgIpc) is 2.41. The Kier molecular flexibility index (Phi) is 4.42. The fraction of sp³-hybridized carbons (Fsp3) is 0.143. The van der Waals surface area contributed by atoms with Gasteiger partial charge in [-0.25, -0.2) is 12.8 Å². The van der Waals surface area contributed by atoms with Gasteiger partial charge in [-0.2, -0.15) is 0 Å². The molecule has 2 aromatic carbocycles. The molecule has 0 heterocycles. The molecule has 3 nitrogen and oxygen atoms in total. The highest BCUT2D eigenvalue weighted by atomic mass is 35.5. The molecule has 0 fully saturated rings. The second-order valence-corrected chi connectivity index (χ2v) is 6.65. The van der Waals surface area contributed by atoms with E-state index in [1.807, 2.05) is 0 Å². The molecular weight excluding hydrogens is 301 g/mol. The summed E-state index contributed by atoms with van der Waals surface area (Å²) in [5.74, 6) is -1.03. The molecule has 0 bridgehead atoms. The van der Waals surface area contributed by atoms with E-state index in [9.17, 15) is 12.8 Å². The van der Waals surface area contributed by atoms with Crippen molar-refractivity contribution in [2.45, 2.75) is 17.2 Å². The van der Waals surface area contributed by atoms with Crippen molar-refractivity contribution in [1.82, 2.24) is 0 Å². The van der Waals surface area contributed by atoms with Crippen LogP contribution in [0.25, 0.3) is 0 Å². The SMILES string of the molecule is NCc1cccc(CS(=O)(=O)c2ccccc2Cl)c1F. The Balaban J connectivity index is 2.42. The fourth-order valence-electron chi connectivity index (χ4n) is 1.88. The third-order valence-electron chi connectivity index (χ3n) is 2.90. The lowest BCUT2D eigenvalue weighted by molar-refractivity contribution is 0.582. The van der Waals surface area contributed by atoms with Crippen molar-refractivity contribution in [3.05, 3.63) is 64.4 Å². The van der Waals surface area contributed by atoms with Gasteiger partial charge in [0.25, 0.3) is 0 Å². The van der Waals surface area contributed by atoms with Crippen LogP contribution >= 0.6 is 11.6 Å². The van der Waals surface area contributed by atoms with E-state index < -0.39 is 21.4 Å². The van der Waals surface area contributed by atoms with Crippen molar-refractivity contribution in [2.75, 3.05) is 0 Å². The summed E-state index contributed by atoms with van der Waals surface area (Å²) in [7, 11) is -3.70. The van der Waals surface area contributed by atoms with Crippen LogP contribution in [0.4, 0.5) is 4.39 Å². The number of hydrogen-bond acceptors (Lipinski definition) is 3. The third-order valence-corrected chi connectivity index (χ3v) is 5.05. The van der Waals surface area contributed by atoms with E-state index in [4.69, 9.17) is 17.3 Å². The Morgan fingerprint density at radius 1 is 1.05 bits per heavy atom. The van der Waals surface area contributed by atoms with Crippen LogP contribution in [0.5, 0.6) is 0 Å². The van der Waals surface area contributed by atoms with Gasteiger partial charge in [0.2, 0.25) is 0 Å². The molecule has 106 valence electrons. The molecule has 0 spiro atoms. The van der Waals surface area contributed by atoms with E-state index in [2.05, 4.69) is 0 Å². The molecule has 0 unspecified atom stereocenters. The quantitative estimate of drug-likeness (QED) is 0.944. The first-order valence-electron chi connectivity index (χ1n) is 5.89. The molecule has 20 heavy (non-hydrogen) atoms. The molecule has 2 rings (SSSR count). The van der Waals surface area contributed by atoms with Crippen molar-refractivity contribution in [3.8, 4) is 0 Å². The maximum atomic E-state index is 14.0. The van der Waals surface area contributed by atoms with Crippen LogP contribution in [-0.2, 0) is 22.1 Å². The van der Waals surface area contributed by atoms with Crippen LogP contribution in [0, 0.1) is 5.82 Å².